The number of sulfone groups is 1. The van der Waals surface area contributed by atoms with E-state index in [1.807, 2.05) is 0 Å². The summed E-state index contributed by atoms with van der Waals surface area (Å²) in [5, 5.41) is 2.71. The Morgan fingerprint density at radius 2 is 2.29 bits per heavy atom. The van der Waals surface area contributed by atoms with E-state index in [4.69, 9.17) is 5.73 Å². The van der Waals surface area contributed by atoms with E-state index in [2.05, 4.69) is 15.3 Å². The smallest absolute Gasteiger partial charge is 0.154 e. The van der Waals surface area contributed by atoms with Crippen molar-refractivity contribution in [1.82, 2.24) is 9.97 Å². The Balaban J connectivity index is 2.03. The van der Waals surface area contributed by atoms with Crippen molar-refractivity contribution in [3.8, 4) is 0 Å². The molecule has 0 amide bonds. The summed E-state index contributed by atoms with van der Waals surface area (Å²) in [4.78, 5) is 8.10. The zero-order valence-electron chi connectivity index (χ0n) is 9.68. The quantitative estimate of drug-likeness (QED) is 0.810. The topological polar surface area (TPSA) is 98.0 Å². The van der Waals surface area contributed by atoms with Crippen molar-refractivity contribution in [3.63, 3.8) is 0 Å². The van der Waals surface area contributed by atoms with Crippen LogP contribution in [0.3, 0.4) is 0 Å². The van der Waals surface area contributed by atoms with Gasteiger partial charge in [0, 0.05) is 12.6 Å². The molecule has 1 atom stereocenters. The van der Waals surface area contributed by atoms with Gasteiger partial charge in [-0.15, -0.1) is 0 Å². The van der Waals surface area contributed by atoms with Gasteiger partial charge >= 0.3 is 0 Å². The molecule has 1 unspecified atom stereocenters. The van der Waals surface area contributed by atoms with Crippen molar-refractivity contribution < 1.29 is 8.42 Å². The zero-order chi connectivity index (χ0) is 12.5. The largest absolute Gasteiger partial charge is 0.384 e. The number of hydrogen-bond acceptors (Lipinski definition) is 6. The number of aromatic nitrogens is 2. The first-order valence-corrected chi connectivity index (χ1v) is 7.25. The number of nitrogen functional groups attached to an aromatic ring is 1. The van der Waals surface area contributed by atoms with E-state index in [-0.39, 0.29) is 5.25 Å². The Morgan fingerprint density at radius 1 is 1.53 bits per heavy atom. The third-order valence-corrected chi connectivity index (χ3v) is 5.11. The molecule has 1 aliphatic heterocycles. The minimum absolute atomic E-state index is 0.296. The summed E-state index contributed by atoms with van der Waals surface area (Å²) < 4.78 is 23.2. The normalized spacial score (nSPS) is 22.5. The van der Waals surface area contributed by atoms with Gasteiger partial charge in [0.1, 0.15) is 17.5 Å². The second kappa shape index (κ2) is 4.48. The Kier molecular flexibility index (Phi) is 3.19. The van der Waals surface area contributed by atoms with E-state index in [9.17, 15) is 8.42 Å². The lowest BCUT2D eigenvalue weighted by molar-refractivity contribution is 0.591. The molecule has 3 N–H and O–H groups in total. The van der Waals surface area contributed by atoms with Gasteiger partial charge in [-0.2, -0.15) is 0 Å². The predicted molar refractivity (Wildman–Crippen MR) is 66.5 cm³/mol. The summed E-state index contributed by atoms with van der Waals surface area (Å²) in [6.45, 7) is 2.13. The SMILES string of the molecule is Cc1nc(N)cc(NCC2CCCS2(=O)=O)n1. The minimum Gasteiger partial charge on any atom is -0.384 e. The number of nitrogens with zero attached hydrogens (tertiary/aromatic N) is 2. The second-order valence-electron chi connectivity index (χ2n) is 4.24. The van der Waals surface area contributed by atoms with Crippen molar-refractivity contribution in [3.05, 3.63) is 11.9 Å². The van der Waals surface area contributed by atoms with Crippen LogP contribution in [0.5, 0.6) is 0 Å². The van der Waals surface area contributed by atoms with Gasteiger partial charge in [-0.1, -0.05) is 0 Å². The average molecular weight is 256 g/mol. The summed E-state index contributed by atoms with van der Waals surface area (Å²) >= 11 is 0. The van der Waals surface area contributed by atoms with Crippen LogP contribution < -0.4 is 11.1 Å². The maximum Gasteiger partial charge on any atom is 0.154 e. The second-order valence-corrected chi connectivity index (χ2v) is 6.64. The van der Waals surface area contributed by atoms with Crippen LogP contribution in [0.4, 0.5) is 11.6 Å². The summed E-state index contributed by atoms with van der Waals surface area (Å²) in [5.74, 6) is 1.83. The van der Waals surface area contributed by atoms with Crippen LogP contribution in [0, 0.1) is 6.92 Å². The predicted octanol–water partition coefficient (Wildman–Crippen LogP) is 0.356. The van der Waals surface area contributed by atoms with E-state index in [1.54, 1.807) is 13.0 Å². The average Bonchev–Trinajstić information content (AvgIpc) is 2.53. The molecule has 1 saturated heterocycles. The van der Waals surface area contributed by atoms with E-state index in [0.29, 0.717) is 29.8 Å². The molecule has 0 saturated carbocycles. The lowest BCUT2D eigenvalue weighted by atomic mass is 10.2. The van der Waals surface area contributed by atoms with Crippen molar-refractivity contribution in [2.24, 2.45) is 0 Å². The Hall–Kier alpha value is -1.37. The van der Waals surface area contributed by atoms with Crippen LogP contribution in [-0.2, 0) is 9.84 Å². The summed E-state index contributed by atoms with van der Waals surface area (Å²) in [7, 11) is -2.91. The Bertz CT molecular complexity index is 495. The third-order valence-electron chi connectivity index (χ3n) is 2.83. The van der Waals surface area contributed by atoms with Crippen molar-refractivity contribution in [2.45, 2.75) is 25.0 Å². The van der Waals surface area contributed by atoms with Crippen LogP contribution in [0.1, 0.15) is 18.7 Å². The van der Waals surface area contributed by atoms with Crippen molar-refractivity contribution in [2.75, 3.05) is 23.3 Å². The summed E-state index contributed by atoms with van der Waals surface area (Å²) in [6, 6.07) is 1.61. The molecule has 1 fully saturated rings. The highest BCUT2D eigenvalue weighted by atomic mass is 32.2. The molecule has 1 aromatic heterocycles. The fourth-order valence-electron chi connectivity index (χ4n) is 1.99. The molecular weight excluding hydrogens is 240 g/mol. The summed E-state index contributed by atoms with van der Waals surface area (Å²) in [6.07, 6.45) is 1.47. The van der Waals surface area contributed by atoms with Gasteiger partial charge in [-0.3, -0.25) is 0 Å². The summed E-state index contributed by atoms with van der Waals surface area (Å²) in [5.41, 5.74) is 5.59. The number of nitrogens with one attached hydrogen (secondary N) is 1. The first-order valence-electron chi connectivity index (χ1n) is 5.54. The molecule has 0 bridgehead atoms. The van der Waals surface area contributed by atoms with Gasteiger partial charge in [-0.05, 0) is 19.8 Å². The Labute approximate surface area is 101 Å². The fraction of sp³-hybridized carbons (Fsp3) is 0.600. The highest BCUT2D eigenvalue weighted by Crippen LogP contribution is 2.20. The van der Waals surface area contributed by atoms with Crippen molar-refractivity contribution >= 4 is 21.5 Å². The van der Waals surface area contributed by atoms with E-state index < -0.39 is 9.84 Å². The van der Waals surface area contributed by atoms with Gasteiger partial charge in [0.25, 0.3) is 0 Å². The third kappa shape index (κ3) is 2.85. The van der Waals surface area contributed by atoms with Crippen LogP contribution in [0.15, 0.2) is 6.07 Å². The minimum atomic E-state index is -2.91. The van der Waals surface area contributed by atoms with Crippen molar-refractivity contribution in [1.29, 1.82) is 0 Å². The highest BCUT2D eigenvalue weighted by molar-refractivity contribution is 7.92. The van der Waals surface area contributed by atoms with Gasteiger partial charge < -0.3 is 11.1 Å². The van der Waals surface area contributed by atoms with Gasteiger partial charge in [0.2, 0.25) is 0 Å². The molecule has 2 heterocycles. The molecule has 7 heteroatoms. The molecule has 6 nitrogen and oxygen atoms in total. The molecule has 1 aliphatic rings. The zero-order valence-corrected chi connectivity index (χ0v) is 10.5. The monoisotopic (exact) mass is 256 g/mol. The molecule has 94 valence electrons. The molecule has 0 spiro atoms. The lowest BCUT2D eigenvalue weighted by Gasteiger charge is -2.11. The number of hydrogen-bond donors (Lipinski definition) is 2. The van der Waals surface area contributed by atoms with E-state index in [1.165, 1.54) is 0 Å². The lowest BCUT2D eigenvalue weighted by Crippen LogP contribution is -2.25. The van der Waals surface area contributed by atoms with Gasteiger partial charge in [0.15, 0.2) is 9.84 Å². The van der Waals surface area contributed by atoms with E-state index >= 15 is 0 Å². The first kappa shape index (κ1) is 12.1. The molecule has 2 rings (SSSR count). The highest BCUT2D eigenvalue weighted by Gasteiger charge is 2.30. The molecular formula is C10H16N4O2S. The van der Waals surface area contributed by atoms with E-state index in [0.717, 1.165) is 12.8 Å². The number of nitrogens with two attached hydrogens (primary N) is 1. The van der Waals surface area contributed by atoms with Gasteiger partial charge in [-0.25, -0.2) is 18.4 Å². The molecule has 1 aromatic rings. The standard InChI is InChI=1S/C10H16N4O2S/c1-7-13-9(11)5-10(14-7)12-6-8-3-2-4-17(8,15)16/h5,8H,2-4,6H2,1H3,(H3,11,12,13,14). The van der Waals surface area contributed by atoms with Crippen LogP contribution in [0.2, 0.25) is 0 Å². The van der Waals surface area contributed by atoms with Crippen LogP contribution in [-0.4, -0.2) is 35.9 Å². The fourth-order valence-corrected chi connectivity index (χ4v) is 3.75. The maximum absolute atomic E-state index is 11.6. The van der Waals surface area contributed by atoms with Crippen LogP contribution in [0.25, 0.3) is 0 Å². The number of anilines is 2. The van der Waals surface area contributed by atoms with Gasteiger partial charge in [0.05, 0.1) is 11.0 Å². The van der Waals surface area contributed by atoms with Crippen LogP contribution >= 0.6 is 0 Å². The molecule has 17 heavy (non-hydrogen) atoms. The number of rotatable bonds is 3. The first-order chi connectivity index (χ1) is 7.97. The Morgan fingerprint density at radius 3 is 2.88 bits per heavy atom. The molecule has 0 aliphatic carbocycles. The number of aryl methyl sites for hydroxylation is 1. The molecule has 0 aromatic carbocycles. The molecule has 0 radical (unpaired) electrons. The maximum atomic E-state index is 11.6.